The number of benzene rings is 2. The smallest absolute Gasteiger partial charge is 0.274 e. The van der Waals surface area contributed by atoms with Crippen molar-refractivity contribution >= 4 is 40.2 Å². The van der Waals surface area contributed by atoms with Crippen LogP contribution in [0.1, 0.15) is 49.6 Å². The van der Waals surface area contributed by atoms with Crippen molar-refractivity contribution in [1.82, 2.24) is 20.5 Å². The summed E-state index contributed by atoms with van der Waals surface area (Å²) in [5, 5.41) is 19.1. The molecule has 2 aliphatic heterocycles. The molecule has 238 valence electrons. The summed E-state index contributed by atoms with van der Waals surface area (Å²) in [7, 11) is 0. The largest absolute Gasteiger partial charge is 0.377 e. The van der Waals surface area contributed by atoms with Crippen LogP contribution in [0.3, 0.4) is 0 Å². The SMILES string of the molecule is NCOCCOCCOCCNC(=O)c1ccc2ccc(C(=O)Nc3ccc4c(c3)C(=O)N(C3CCC(=O)NC3O)C4)nc2c1. The van der Waals surface area contributed by atoms with Gasteiger partial charge in [0.1, 0.15) is 11.9 Å². The molecule has 0 aliphatic carbocycles. The minimum Gasteiger partial charge on any atom is -0.377 e. The molecule has 2 unspecified atom stereocenters. The molecule has 4 amide bonds. The molecule has 3 heterocycles. The summed E-state index contributed by atoms with van der Waals surface area (Å²) in [6.07, 6.45) is -0.537. The Labute approximate surface area is 259 Å². The lowest BCUT2D eigenvalue weighted by molar-refractivity contribution is -0.129. The van der Waals surface area contributed by atoms with Crippen molar-refractivity contribution in [3.63, 3.8) is 0 Å². The van der Waals surface area contributed by atoms with Crippen LogP contribution in [-0.2, 0) is 25.5 Å². The number of anilines is 1. The number of rotatable bonds is 14. The van der Waals surface area contributed by atoms with Crippen LogP contribution in [0.15, 0.2) is 48.5 Å². The summed E-state index contributed by atoms with van der Waals surface area (Å²) >= 11 is 0. The Balaban J connectivity index is 1.14. The minimum atomic E-state index is -1.13. The standard InChI is InChI=1S/C31H36N6O8/c32-18-45-14-13-44-12-11-43-10-9-33-28(39)20-2-1-19-4-6-24(35-25(19)15-20)29(40)34-22-5-3-21-17-37(31(42)23(21)16-22)26-7-8-27(38)36-30(26)41/h1-6,15-16,26,30,41H,7-14,17-18,32H2,(H,33,39)(H,34,40)(H,36,38). The number of nitrogens with one attached hydrogen (secondary N) is 3. The molecular formula is C31H36N6O8. The van der Waals surface area contributed by atoms with Gasteiger partial charge < -0.3 is 45.9 Å². The van der Waals surface area contributed by atoms with E-state index in [-0.39, 0.29) is 36.6 Å². The van der Waals surface area contributed by atoms with Gasteiger partial charge in [0.05, 0.1) is 51.3 Å². The first-order chi connectivity index (χ1) is 21.8. The lowest BCUT2D eigenvalue weighted by atomic mass is 10.0. The zero-order chi connectivity index (χ0) is 31.8. The Morgan fingerprint density at radius 1 is 0.978 bits per heavy atom. The second kappa shape index (κ2) is 15.0. The number of aliphatic hydroxyl groups excluding tert-OH is 1. The number of aliphatic hydroxyl groups is 1. The van der Waals surface area contributed by atoms with Crippen LogP contribution in [-0.4, -0.2) is 97.2 Å². The second-order valence-corrected chi connectivity index (χ2v) is 10.5. The van der Waals surface area contributed by atoms with Crippen molar-refractivity contribution in [1.29, 1.82) is 0 Å². The molecule has 2 aliphatic rings. The van der Waals surface area contributed by atoms with Crippen LogP contribution in [0.4, 0.5) is 5.69 Å². The Hall–Kier alpha value is -4.47. The molecule has 2 atom stereocenters. The summed E-state index contributed by atoms with van der Waals surface area (Å²) in [5.74, 6) is -1.30. The summed E-state index contributed by atoms with van der Waals surface area (Å²) in [6, 6.07) is 12.9. The van der Waals surface area contributed by atoms with E-state index in [2.05, 4.69) is 20.9 Å². The fourth-order valence-electron chi connectivity index (χ4n) is 5.21. The van der Waals surface area contributed by atoms with E-state index >= 15 is 0 Å². The van der Waals surface area contributed by atoms with E-state index in [0.717, 1.165) is 10.9 Å². The number of fused-ring (bicyclic) bond motifs is 2. The fraction of sp³-hybridized carbons (Fsp3) is 0.387. The third-order valence-electron chi connectivity index (χ3n) is 7.52. The van der Waals surface area contributed by atoms with E-state index in [4.69, 9.17) is 19.9 Å². The van der Waals surface area contributed by atoms with Gasteiger partial charge in [-0.25, -0.2) is 4.98 Å². The third-order valence-corrected chi connectivity index (χ3v) is 7.52. The van der Waals surface area contributed by atoms with E-state index < -0.39 is 18.2 Å². The van der Waals surface area contributed by atoms with Crippen LogP contribution < -0.4 is 21.7 Å². The van der Waals surface area contributed by atoms with Crippen molar-refractivity contribution in [3.05, 3.63) is 70.9 Å². The molecule has 6 N–H and O–H groups in total. The number of hydrogen-bond acceptors (Lipinski definition) is 10. The van der Waals surface area contributed by atoms with E-state index in [9.17, 15) is 24.3 Å². The van der Waals surface area contributed by atoms with Crippen molar-refractivity contribution < 1.29 is 38.5 Å². The molecule has 1 fully saturated rings. The molecule has 0 spiro atoms. The highest BCUT2D eigenvalue weighted by Crippen LogP contribution is 2.30. The summed E-state index contributed by atoms with van der Waals surface area (Å²) in [4.78, 5) is 56.5. The van der Waals surface area contributed by atoms with Gasteiger partial charge in [-0.2, -0.15) is 0 Å². The number of carbonyl (C=O) groups is 4. The number of piperidine rings is 1. The average Bonchev–Trinajstić information content (AvgIpc) is 3.36. The highest BCUT2D eigenvalue weighted by atomic mass is 16.5. The predicted molar refractivity (Wildman–Crippen MR) is 162 cm³/mol. The topological polar surface area (TPSA) is 194 Å². The number of hydrogen-bond donors (Lipinski definition) is 5. The minimum absolute atomic E-state index is 0.139. The van der Waals surface area contributed by atoms with Gasteiger partial charge in [-0.15, -0.1) is 0 Å². The van der Waals surface area contributed by atoms with Gasteiger partial charge in [-0.1, -0.05) is 18.2 Å². The zero-order valence-corrected chi connectivity index (χ0v) is 24.6. The van der Waals surface area contributed by atoms with Gasteiger partial charge in [0.25, 0.3) is 17.7 Å². The second-order valence-electron chi connectivity index (χ2n) is 10.5. The average molecular weight is 621 g/mol. The van der Waals surface area contributed by atoms with Gasteiger partial charge in [0.15, 0.2) is 0 Å². The van der Waals surface area contributed by atoms with E-state index in [0.29, 0.717) is 74.9 Å². The molecule has 0 saturated carbocycles. The fourth-order valence-corrected chi connectivity index (χ4v) is 5.21. The number of amides is 4. The van der Waals surface area contributed by atoms with Crippen LogP contribution in [0.2, 0.25) is 0 Å². The van der Waals surface area contributed by atoms with Crippen molar-refractivity contribution in [2.75, 3.05) is 51.6 Å². The Kier molecular flexibility index (Phi) is 10.7. The molecule has 1 saturated heterocycles. The highest BCUT2D eigenvalue weighted by Gasteiger charge is 2.39. The molecule has 14 nitrogen and oxygen atoms in total. The number of nitrogens with two attached hydrogens (primary N) is 1. The molecule has 1 aromatic heterocycles. The lowest BCUT2D eigenvalue weighted by Crippen LogP contribution is -2.55. The van der Waals surface area contributed by atoms with Crippen molar-refractivity contribution in [2.45, 2.75) is 31.7 Å². The molecule has 14 heteroatoms. The van der Waals surface area contributed by atoms with Gasteiger partial charge in [-0.3, -0.25) is 19.2 Å². The normalized spacial score (nSPS) is 17.7. The van der Waals surface area contributed by atoms with E-state index in [1.807, 2.05) is 0 Å². The van der Waals surface area contributed by atoms with Gasteiger partial charge in [0.2, 0.25) is 5.91 Å². The number of ether oxygens (including phenoxy) is 3. The maximum atomic E-state index is 13.2. The van der Waals surface area contributed by atoms with Crippen molar-refractivity contribution in [2.24, 2.45) is 5.73 Å². The first-order valence-electron chi connectivity index (χ1n) is 14.7. The van der Waals surface area contributed by atoms with E-state index in [1.165, 1.54) is 0 Å². The number of aromatic nitrogens is 1. The van der Waals surface area contributed by atoms with Crippen LogP contribution in [0.25, 0.3) is 10.9 Å². The summed E-state index contributed by atoms with van der Waals surface area (Å²) in [5.41, 5.74) is 7.83. The van der Waals surface area contributed by atoms with Gasteiger partial charge >= 0.3 is 0 Å². The maximum absolute atomic E-state index is 13.2. The maximum Gasteiger partial charge on any atom is 0.274 e. The molecule has 3 aromatic rings. The van der Waals surface area contributed by atoms with Crippen LogP contribution in [0, 0.1) is 0 Å². The number of nitrogens with zero attached hydrogens (tertiary/aromatic N) is 2. The molecule has 45 heavy (non-hydrogen) atoms. The summed E-state index contributed by atoms with van der Waals surface area (Å²) < 4.78 is 15.7. The van der Waals surface area contributed by atoms with Crippen LogP contribution >= 0.6 is 0 Å². The molecule has 2 aromatic carbocycles. The zero-order valence-electron chi connectivity index (χ0n) is 24.6. The first kappa shape index (κ1) is 31.9. The molecule has 0 bridgehead atoms. The highest BCUT2D eigenvalue weighted by molar-refractivity contribution is 6.06. The Morgan fingerprint density at radius 2 is 1.73 bits per heavy atom. The number of pyridine rings is 1. The Morgan fingerprint density at radius 3 is 2.51 bits per heavy atom. The monoisotopic (exact) mass is 620 g/mol. The quantitative estimate of drug-likeness (QED) is 0.127. The molecular weight excluding hydrogens is 584 g/mol. The summed E-state index contributed by atoms with van der Waals surface area (Å²) in [6.45, 7) is 2.73. The molecule has 0 radical (unpaired) electrons. The van der Waals surface area contributed by atoms with Gasteiger partial charge in [-0.05, 0) is 42.3 Å². The lowest BCUT2D eigenvalue weighted by Gasteiger charge is -2.35. The molecule has 5 rings (SSSR count). The third kappa shape index (κ3) is 7.98. The van der Waals surface area contributed by atoms with Crippen molar-refractivity contribution in [3.8, 4) is 0 Å². The van der Waals surface area contributed by atoms with Gasteiger partial charge in [0, 0.05) is 41.7 Å². The van der Waals surface area contributed by atoms with Crippen LogP contribution in [0.5, 0.6) is 0 Å². The predicted octanol–water partition coefficient (Wildman–Crippen LogP) is 0.736. The Bertz CT molecular complexity index is 1570. The first-order valence-corrected chi connectivity index (χ1v) is 14.7. The number of carbonyl (C=O) groups excluding carboxylic acids is 4. The van der Waals surface area contributed by atoms with E-state index in [1.54, 1.807) is 53.4 Å².